The molecule has 0 bridgehead atoms. The molecule has 0 aliphatic rings. The fourth-order valence-corrected chi connectivity index (χ4v) is 2.52. The highest BCUT2D eigenvalue weighted by molar-refractivity contribution is 7.99. The van der Waals surface area contributed by atoms with Gasteiger partial charge in [-0.15, -0.1) is 6.58 Å². The van der Waals surface area contributed by atoms with Crippen molar-refractivity contribution in [3.63, 3.8) is 0 Å². The van der Waals surface area contributed by atoms with E-state index < -0.39 is 29.9 Å². The third-order valence-electron chi connectivity index (χ3n) is 2.59. The standard InChI is InChI=1S/C13H21N3O5S2/c1-2-5-23-7-9(12(22)15-6-11(18)19)16-10(17)4-3-8(14)13(20)21/h2,8-9H,1,3-7,14H2,(H,15,22)(H,16,17)(H,18,19)(H,20,21). The Bertz CT molecular complexity index is 459. The van der Waals surface area contributed by atoms with Gasteiger partial charge in [0.05, 0.1) is 11.0 Å². The highest BCUT2D eigenvalue weighted by Crippen LogP contribution is 2.05. The van der Waals surface area contributed by atoms with Gasteiger partial charge in [0.2, 0.25) is 5.91 Å². The molecule has 10 heteroatoms. The minimum absolute atomic E-state index is 0.00298. The molecule has 0 aromatic heterocycles. The molecule has 0 aliphatic carbocycles. The highest BCUT2D eigenvalue weighted by Gasteiger charge is 2.19. The minimum Gasteiger partial charge on any atom is -0.480 e. The molecule has 0 aliphatic heterocycles. The Balaban J connectivity index is 4.50. The van der Waals surface area contributed by atoms with Crippen LogP contribution in [0.25, 0.3) is 0 Å². The van der Waals surface area contributed by atoms with E-state index in [-0.39, 0.29) is 24.4 Å². The van der Waals surface area contributed by atoms with Crippen molar-refractivity contribution in [2.45, 2.75) is 24.9 Å². The van der Waals surface area contributed by atoms with Crippen LogP contribution >= 0.6 is 24.0 Å². The van der Waals surface area contributed by atoms with E-state index in [1.54, 1.807) is 6.08 Å². The van der Waals surface area contributed by atoms with Gasteiger partial charge in [-0.25, -0.2) is 0 Å². The first-order valence-corrected chi connectivity index (χ1v) is 8.30. The van der Waals surface area contributed by atoms with E-state index in [9.17, 15) is 14.4 Å². The largest absolute Gasteiger partial charge is 0.480 e. The van der Waals surface area contributed by atoms with Crippen LogP contribution in [0.4, 0.5) is 0 Å². The molecule has 0 radical (unpaired) electrons. The Kier molecular flexibility index (Phi) is 11.0. The molecular formula is C13H21N3O5S2. The van der Waals surface area contributed by atoms with Gasteiger partial charge in [-0.1, -0.05) is 18.3 Å². The van der Waals surface area contributed by atoms with Gasteiger partial charge < -0.3 is 26.6 Å². The molecule has 0 rings (SSSR count). The van der Waals surface area contributed by atoms with Crippen molar-refractivity contribution in [1.82, 2.24) is 10.6 Å². The van der Waals surface area contributed by atoms with E-state index in [0.717, 1.165) is 0 Å². The fourth-order valence-electron chi connectivity index (χ4n) is 1.41. The van der Waals surface area contributed by atoms with Crippen molar-refractivity contribution in [2.75, 3.05) is 18.1 Å². The first-order valence-electron chi connectivity index (χ1n) is 6.73. The van der Waals surface area contributed by atoms with Crippen molar-refractivity contribution in [2.24, 2.45) is 5.73 Å². The van der Waals surface area contributed by atoms with Crippen LogP contribution in [0.1, 0.15) is 12.8 Å². The molecule has 0 saturated heterocycles. The summed E-state index contributed by atoms with van der Waals surface area (Å²) in [6.07, 6.45) is 1.64. The van der Waals surface area contributed by atoms with Crippen LogP contribution < -0.4 is 16.4 Å². The monoisotopic (exact) mass is 363 g/mol. The normalized spacial score (nSPS) is 12.7. The summed E-state index contributed by atoms with van der Waals surface area (Å²) < 4.78 is 0. The molecular weight excluding hydrogens is 342 g/mol. The van der Waals surface area contributed by atoms with E-state index in [4.69, 9.17) is 28.2 Å². The topological polar surface area (TPSA) is 142 Å². The summed E-state index contributed by atoms with van der Waals surface area (Å²) in [6.45, 7) is 3.24. The Labute approximate surface area is 143 Å². The molecule has 0 spiro atoms. The number of thiocarbonyl (C=S) groups is 1. The van der Waals surface area contributed by atoms with Crippen molar-refractivity contribution in [1.29, 1.82) is 0 Å². The van der Waals surface area contributed by atoms with E-state index in [0.29, 0.717) is 11.5 Å². The number of thioether (sulfide) groups is 1. The minimum atomic E-state index is -1.17. The number of nitrogens with one attached hydrogen (secondary N) is 2. The predicted octanol–water partition coefficient (Wildman–Crippen LogP) is -0.416. The van der Waals surface area contributed by atoms with Gasteiger partial charge in [-0.2, -0.15) is 11.8 Å². The number of nitrogens with two attached hydrogens (primary N) is 1. The Morgan fingerprint density at radius 1 is 1.35 bits per heavy atom. The van der Waals surface area contributed by atoms with Gasteiger partial charge in [0.1, 0.15) is 12.6 Å². The summed E-state index contributed by atoms with van der Waals surface area (Å²) in [5.74, 6) is -1.55. The summed E-state index contributed by atoms with van der Waals surface area (Å²) in [4.78, 5) is 33.2. The van der Waals surface area contributed by atoms with Gasteiger partial charge >= 0.3 is 11.9 Å². The molecule has 2 atom stereocenters. The van der Waals surface area contributed by atoms with Crippen molar-refractivity contribution >= 4 is 46.8 Å². The van der Waals surface area contributed by atoms with E-state index in [2.05, 4.69) is 17.2 Å². The smallest absolute Gasteiger partial charge is 0.322 e. The highest BCUT2D eigenvalue weighted by atomic mass is 32.2. The van der Waals surface area contributed by atoms with Gasteiger partial charge in [0.25, 0.3) is 0 Å². The Morgan fingerprint density at radius 3 is 2.52 bits per heavy atom. The van der Waals surface area contributed by atoms with E-state index >= 15 is 0 Å². The molecule has 0 fully saturated rings. The van der Waals surface area contributed by atoms with Crippen molar-refractivity contribution in [3.05, 3.63) is 12.7 Å². The lowest BCUT2D eigenvalue weighted by Crippen LogP contribution is -2.48. The van der Waals surface area contributed by atoms with E-state index in [1.165, 1.54) is 11.8 Å². The van der Waals surface area contributed by atoms with Gasteiger partial charge in [0, 0.05) is 17.9 Å². The lowest BCUT2D eigenvalue weighted by Gasteiger charge is -2.20. The Hall–Kier alpha value is -1.65. The maximum atomic E-state index is 11.9. The van der Waals surface area contributed by atoms with Crippen LogP contribution in [0, 0.1) is 0 Å². The average Bonchev–Trinajstić information content (AvgIpc) is 2.49. The molecule has 130 valence electrons. The number of amides is 1. The number of rotatable bonds is 12. The Morgan fingerprint density at radius 2 is 2.00 bits per heavy atom. The molecule has 6 N–H and O–H groups in total. The second kappa shape index (κ2) is 11.9. The van der Waals surface area contributed by atoms with Crippen LogP contribution in [0.15, 0.2) is 12.7 Å². The molecule has 0 aromatic rings. The number of hydrogen-bond donors (Lipinski definition) is 5. The van der Waals surface area contributed by atoms with Crippen molar-refractivity contribution in [3.8, 4) is 0 Å². The van der Waals surface area contributed by atoms with Crippen LogP contribution in [0.3, 0.4) is 0 Å². The maximum Gasteiger partial charge on any atom is 0.322 e. The zero-order valence-corrected chi connectivity index (χ0v) is 14.1. The number of carbonyl (C=O) groups excluding carboxylic acids is 1. The second-order valence-corrected chi connectivity index (χ2v) is 6.06. The zero-order chi connectivity index (χ0) is 17.8. The fraction of sp³-hybridized carbons (Fsp3) is 0.538. The predicted molar refractivity (Wildman–Crippen MR) is 92.5 cm³/mol. The SMILES string of the molecule is C=CCSCC(NC(=O)CCC(N)C(=O)O)C(=S)NCC(=O)O. The number of carbonyl (C=O) groups is 3. The zero-order valence-electron chi connectivity index (χ0n) is 12.5. The quantitative estimate of drug-likeness (QED) is 0.178. The molecule has 8 nitrogen and oxygen atoms in total. The third-order valence-corrected chi connectivity index (χ3v) is 4.05. The lowest BCUT2D eigenvalue weighted by molar-refractivity contribution is -0.139. The lowest BCUT2D eigenvalue weighted by atomic mass is 10.1. The van der Waals surface area contributed by atoms with Gasteiger partial charge in [-0.3, -0.25) is 14.4 Å². The van der Waals surface area contributed by atoms with Crippen molar-refractivity contribution < 1.29 is 24.6 Å². The second-order valence-electron chi connectivity index (χ2n) is 4.54. The first kappa shape index (κ1) is 21.4. The summed E-state index contributed by atoms with van der Waals surface area (Å²) in [6, 6.07) is -1.66. The number of carboxylic acids is 2. The van der Waals surface area contributed by atoms with Crippen LogP contribution in [0.2, 0.25) is 0 Å². The molecule has 0 saturated carbocycles. The molecule has 0 aromatic carbocycles. The summed E-state index contributed by atoms with van der Waals surface area (Å²) in [5.41, 5.74) is 5.34. The summed E-state index contributed by atoms with van der Waals surface area (Å²) >= 11 is 6.56. The third kappa shape index (κ3) is 10.7. The molecule has 2 unspecified atom stereocenters. The van der Waals surface area contributed by atoms with Crippen LogP contribution in [0.5, 0.6) is 0 Å². The van der Waals surface area contributed by atoms with Gasteiger partial charge in [-0.05, 0) is 6.42 Å². The summed E-state index contributed by atoms with van der Waals surface area (Å²) in [7, 11) is 0. The number of aliphatic carboxylic acids is 2. The number of hydrogen-bond acceptors (Lipinski definition) is 6. The summed E-state index contributed by atoms with van der Waals surface area (Å²) in [5, 5.41) is 22.5. The average molecular weight is 363 g/mol. The molecule has 1 amide bonds. The van der Waals surface area contributed by atoms with Crippen LogP contribution in [-0.4, -0.2) is 63.2 Å². The molecule has 23 heavy (non-hydrogen) atoms. The first-order chi connectivity index (χ1) is 10.8. The van der Waals surface area contributed by atoms with Crippen LogP contribution in [-0.2, 0) is 14.4 Å². The van der Waals surface area contributed by atoms with E-state index in [1.807, 2.05) is 0 Å². The maximum absolute atomic E-state index is 11.9. The molecule has 0 heterocycles. The number of carboxylic acid groups (broad SMARTS) is 2. The van der Waals surface area contributed by atoms with Gasteiger partial charge in [0.15, 0.2) is 0 Å².